The molecule has 0 amide bonds. The quantitative estimate of drug-likeness (QED) is 0.674. The molecule has 0 bridgehead atoms. The number of piperazine rings is 1. The lowest BCUT2D eigenvalue weighted by molar-refractivity contribution is 0.0600. The molecule has 2 heterocycles. The second-order valence-electron chi connectivity index (χ2n) is 6.11. The third kappa shape index (κ3) is 4.13. The molecule has 1 aliphatic rings. The van der Waals surface area contributed by atoms with E-state index in [2.05, 4.69) is 24.6 Å². The molecule has 1 aliphatic heterocycles. The van der Waals surface area contributed by atoms with E-state index in [1.807, 2.05) is 6.92 Å². The van der Waals surface area contributed by atoms with Crippen LogP contribution >= 0.6 is 11.6 Å². The minimum Gasteiger partial charge on any atom is -0.465 e. The number of rotatable bonds is 5. The number of carbonyl (C=O) groups excluding carboxylic acids is 1. The summed E-state index contributed by atoms with van der Waals surface area (Å²) in [5.41, 5.74) is 1.59. The molecule has 2 aromatic rings. The van der Waals surface area contributed by atoms with Gasteiger partial charge in [0.05, 0.1) is 17.7 Å². The maximum atomic E-state index is 13.0. The molecule has 3 rings (SSSR count). The number of esters is 1. The third-order valence-corrected chi connectivity index (χ3v) is 6.80. The van der Waals surface area contributed by atoms with E-state index in [0.29, 0.717) is 32.7 Å². The minimum atomic E-state index is -3.83. The SMILES string of the molecule is COC(=O)c1ccc(Cl)c(S(=O)(=O)N2CCN(Cc3nonc3C)CC2)c1. The summed E-state index contributed by atoms with van der Waals surface area (Å²) in [6.07, 6.45) is 0. The molecule has 0 unspecified atom stereocenters. The molecular formula is C16H19ClN4O5S. The van der Waals surface area contributed by atoms with Crippen molar-refractivity contribution >= 4 is 27.6 Å². The van der Waals surface area contributed by atoms with E-state index in [1.54, 1.807) is 0 Å². The lowest BCUT2D eigenvalue weighted by Crippen LogP contribution is -2.48. The van der Waals surface area contributed by atoms with Crippen molar-refractivity contribution in [2.45, 2.75) is 18.4 Å². The predicted molar refractivity (Wildman–Crippen MR) is 95.9 cm³/mol. The van der Waals surface area contributed by atoms with Gasteiger partial charge in [0.1, 0.15) is 16.3 Å². The van der Waals surface area contributed by atoms with Crippen molar-refractivity contribution < 1.29 is 22.6 Å². The molecule has 0 atom stereocenters. The number of hydrogen-bond acceptors (Lipinski definition) is 8. The molecule has 0 N–H and O–H groups in total. The first kappa shape index (κ1) is 19.7. The van der Waals surface area contributed by atoms with E-state index in [0.717, 1.165) is 11.4 Å². The Balaban J connectivity index is 1.73. The van der Waals surface area contributed by atoms with Gasteiger partial charge in [-0.05, 0) is 25.1 Å². The molecule has 0 radical (unpaired) electrons. The second-order valence-corrected chi connectivity index (χ2v) is 8.43. The van der Waals surface area contributed by atoms with Crippen LogP contribution in [0.1, 0.15) is 21.7 Å². The number of carbonyl (C=O) groups is 1. The zero-order valence-corrected chi connectivity index (χ0v) is 16.5. The highest BCUT2D eigenvalue weighted by Gasteiger charge is 2.31. The van der Waals surface area contributed by atoms with Crippen molar-refractivity contribution in [1.29, 1.82) is 0 Å². The average molecular weight is 415 g/mol. The van der Waals surface area contributed by atoms with Gasteiger partial charge in [0.15, 0.2) is 0 Å². The largest absolute Gasteiger partial charge is 0.465 e. The van der Waals surface area contributed by atoms with Gasteiger partial charge in [-0.25, -0.2) is 17.8 Å². The standard InChI is InChI=1S/C16H19ClN4O5S/c1-11-14(19-26-18-11)10-20-5-7-21(8-6-20)27(23,24)15-9-12(16(22)25-2)3-4-13(15)17/h3-4,9H,5-8,10H2,1-2H3. The van der Waals surface area contributed by atoms with Crippen molar-refractivity contribution in [2.75, 3.05) is 33.3 Å². The summed E-state index contributed by atoms with van der Waals surface area (Å²) in [6.45, 7) is 4.00. The van der Waals surface area contributed by atoms with E-state index >= 15 is 0 Å². The summed E-state index contributed by atoms with van der Waals surface area (Å²) in [6, 6.07) is 4.07. The van der Waals surface area contributed by atoms with E-state index in [1.165, 1.54) is 29.6 Å². The highest BCUT2D eigenvalue weighted by atomic mass is 35.5. The smallest absolute Gasteiger partial charge is 0.337 e. The lowest BCUT2D eigenvalue weighted by Gasteiger charge is -2.33. The number of sulfonamides is 1. The Bertz CT molecular complexity index is 938. The van der Waals surface area contributed by atoms with E-state index in [9.17, 15) is 13.2 Å². The molecule has 146 valence electrons. The van der Waals surface area contributed by atoms with Crippen molar-refractivity contribution in [3.63, 3.8) is 0 Å². The third-order valence-electron chi connectivity index (χ3n) is 4.42. The maximum Gasteiger partial charge on any atom is 0.337 e. The number of aromatic nitrogens is 2. The van der Waals surface area contributed by atoms with Gasteiger partial charge in [0.25, 0.3) is 0 Å². The van der Waals surface area contributed by atoms with Gasteiger partial charge >= 0.3 is 5.97 Å². The van der Waals surface area contributed by atoms with Gasteiger partial charge in [-0.1, -0.05) is 21.9 Å². The van der Waals surface area contributed by atoms with Crippen molar-refractivity contribution in [1.82, 2.24) is 19.5 Å². The number of nitrogens with zero attached hydrogens (tertiary/aromatic N) is 4. The number of methoxy groups -OCH3 is 1. The summed E-state index contributed by atoms with van der Waals surface area (Å²) in [5, 5.41) is 7.66. The van der Waals surface area contributed by atoms with Gasteiger partial charge in [-0.15, -0.1) is 0 Å². The minimum absolute atomic E-state index is 0.0642. The Hall–Kier alpha value is -2.01. The van der Waals surface area contributed by atoms with Crippen LogP contribution in [0.15, 0.2) is 27.7 Å². The second kappa shape index (κ2) is 7.93. The van der Waals surface area contributed by atoms with Crippen LogP contribution in [0.2, 0.25) is 5.02 Å². The molecule has 1 aromatic heterocycles. The zero-order chi connectivity index (χ0) is 19.6. The Morgan fingerprint density at radius 2 is 1.96 bits per heavy atom. The van der Waals surface area contributed by atoms with Gasteiger partial charge < -0.3 is 4.74 Å². The van der Waals surface area contributed by atoms with Crippen molar-refractivity contribution in [3.05, 3.63) is 40.2 Å². The van der Waals surface area contributed by atoms with Crippen LogP contribution in [0.5, 0.6) is 0 Å². The van der Waals surface area contributed by atoms with Crippen molar-refractivity contribution in [3.8, 4) is 0 Å². The van der Waals surface area contributed by atoms with Gasteiger partial charge in [-0.3, -0.25) is 4.90 Å². The Morgan fingerprint density at radius 3 is 2.56 bits per heavy atom. The lowest BCUT2D eigenvalue weighted by atomic mass is 10.2. The number of benzene rings is 1. The molecule has 0 aliphatic carbocycles. The maximum absolute atomic E-state index is 13.0. The first-order valence-electron chi connectivity index (χ1n) is 8.21. The monoisotopic (exact) mass is 414 g/mol. The van der Waals surface area contributed by atoms with Crippen LogP contribution in [0.3, 0.4) is 0 Å². The molecule has 0 spiro atoms. The molecule has 27 heavy (non-hydrogen) atoms. The van der Waals surface area contributed by atoms with Crippen LogP contribution in [0.25, 0.3) is 0 Å². The highest BCUT2D eigenvalue weighted by molar-refractivity contribution is 7.89. The highest BCUT2D eigenvalue weighted by Crippen LogP contribution is 2.27. The van der Waals surface area contributed by atoms with E-state index in [4.69, 9.17) is 11.6 Å². The number of halogens is 1. The Morgan fingerprint density at radius 1 is 1.26 bits per heavy atom. The summed E-state index contributed by atoms with van der Waals surface area (Å²) < 4.78 is 36.7. The average Bonchev–Trinajstić information content (AvgIpc) is 3.06. The fourth-order valence-corrected chi connectivity index (χ4v) is 4.74. The molecule has 0 saturated carbocycles. The fraction of sp³-hybridized carbons (Fsp3) is 0.438. The first-order valence-corrected chi connectivity index (χ1v) is 10.0. The topological polar surface area (TPSA) is 106 Å². The van der Waals surface area contributed by atoms with Crippen molar-refractivity contribution in [2.24, 2.45) is 0 Å². The Labute approximate surface area is 161 Å². The van der Waals surface area contributed by atoms with Crippen LogP contribution in [0, 0.1) is 6.92 Å². The van der Waals surface area contributed by atoms with Gasteiger partial charge in [0.2, 0.25) is 10.0 Å². The van der Waals surface area contributed by atoms with E-state index < -0.39 is 16.0 Å². The van der Waals surface area contributed by atoms with Crippen LogP contribution < -0.4 is 0 Å². The number of hydrogen-bond donors (Lipinski definition) is 0. The first-order chi connectivity index (χ1) is 12.8. The van der Waals surface area contributed by atoms with E-state index in [-0.39, 0.29) is 15.5 Å². The Kier molecular flexibility index (Phi) is 5.80. The van der Waals surface area contributed by atoms with Gasteiger partial charge in [0, 0.05) is 32.7 Å². The molecular weight excluding hydrogens is 396 g/mol. The van der Waals surface area contributed by atoms with Crippen LogP contribution in [-0.2, 0) is 21.3 Å². The molecule has 11 heteroatoms. The molecule has 9 nitrogen and oxygen atoms in total. The summed E-state index contributed by atoms with van der Waals surface area (Å²) in [7, 11) is -2.60. The molecule has 1 fully saturated rings. The fourth-order valence-electron chi connectivity index (χ4n) is 2.82. The summed E-state index contributed by atoms with van der Waals surface area (Å²) in [4.78, 5) is 13.7. The predicted octanol–water partition coefficient (Wildman–Crippen LogP) is 1.32. The number of ether oxygens (including phenoxy) is 1. The summed E-state index contributed by atoms with van der Waals surface area (Å²) in [5.74, 6) is -0.621. The van der Waals surface area contributed by atoms with Crippen LogP contribution in [0.4, 0.5) is 0 Å². The summed E-state index contributed by atoms with van der Waals surface area (Å²) >= 11 is 6.09. The van der Waals surface area contributed by atoms with Crippen LogP contribution in [-0.4, -0.2) is 67.2 Å². The van der Waals surface area contributed by atoms with Gasteiger partial charge in [-0.2, -0.15) is 4.31 Å². The number of aryl methyl sites for hydroxylation is 1. The normalized spacial score (nSPS) is 16.4. The molecule has 1 saturated heterocycles. The molecule has 1 aromatic carbocycles. The zero-order valence-electron chi connectivity index (χ0n) is 14.9.